The molecule has 0 fully saturated rings. The van der Waals surface area contributed by atoms with Crippen LogP contribution >= 0.6 is 23.1 Å². The molecule has 1 aromatic carbocycles. The van der Waals surface area contributed by atoms with Crippen molar-refractivity contribution in [1.29, 1.82) is 0 Å². The molecule has 1 aliphatic rings. The Morgan fingerprint density at radius 3 is 2.65 bits per heavy atom. The van der Waals surface area contributed by atoms with Gasteiger partial charge in [0, 0.05) is 4.88 Å². The van der Waals surface area contributed by atoms with E-state index in [1.165, 1.54) is 16.9 Å². The van der Waals surface area contributed by atoms with Gasteiger partial charge in [0.15, 0.2) is 5.16 Å². The van der Waals surface area contributed by atoms with Gasteiger partial charge in [-0.3, -0.25) is 4.79 Å². The van der Waals surface area contributed by atoms with E-state index in [-0.39, 0.29) is 5.56 Å². The topological polar surface area (TPSA) is 52.2 Å². The fourth-order valence-corrected chi connectivity index (χ4v) is 5.69. The molecule has 5 rings (SSSR count). The summed E-state index contributed by atoms with van der Waals surface area (Å²) in [7, 11) is 0. The average molecular weight is 383 g/mol. The van der Waals surface area contributed by atoms with Crippen LogP contribution < -0.4 is 5.56 Å². The van der Waals surface area contributed by atoms with Crippen LogP contribution in [-0.4, -0.2) is 25.4 Å². The first-order chi connectivity index (χ1) is 12.7. The van der Waals surface area contributed by atoms with Crippen molar-refractivity contribution in [2.45, 2.75) is 37.8 Å². The zero-order chi connectivity index (χ0) is 17.8. The number of hydrogen-bond donors (Lipinski definition) is 0. The number of aromatic nitrogens is 4. The summed E-state index contributed by atoms with van der Waals surface area (Å²) in [5, 5.41) is 10.4. The second-order valence-electron chi connectivity index (χ2n) is 6.69. The van der Waals surface area contributed by atoms with Gasteiger partial charge in [-0.05, 0) is 56.6 Å². The molecular formula is C19H18N4OS2. The first kappa shape index (κ1) is 16.1. The fraction of sp³-hybridized carbons (Fsp3) is 0.316. The molecule has 0 N–H and O–H groups in total. The molecule has 0 saturated heterocycles. The SMILES string of the molecule is CSc1nnc2n(-c3ccc(C)cc3)c(=O)c3c4c(sc3n12)CCCC4. The van der Waals surface area contributed by atoms with Crippen LogP contribution in [0.1, 0.15) is 28.8 Å². The van der Waals surface area contributed by atoms with E-state index in [0.717, 1.165) is 45.9 Å². The highest BCUT2D eigenvalue weighted by atomic mass is 32.2. The first-order valence-corrected chi connectivity index (χ1v) is 10.8. The lowest BCUT2D eigenvalue weighted by Crippen LogP contribution is -2.22. The van der Waals surface area contributed by atoms with Gasteiger partial charge in [0.2, 0.25) is 5.78 Å². The molecule has 1 aliphatic carbocycles. The smallest absolute Gasteiger partial charge is 0.268 e. The zero-order valence-electron chi connectivity index (χ0n) is 14.7. The Hall–Kier alpha value is -2.12. The van der Waals surface area contributed by atoms with Crippen molar-refractivity contribution in [1.82, 2.24) is 19.2 Å². The van der Waals surface area contributed by atoms with Crippen LogP contribution in [-0.2, 0) is 12.8 Å². The third-order valence-electron chi connectivity index (χ3n) is 5.06. The summed E-state index contributed by atoms with van der Waals surface area (Å²) in [6, 6.07) is 8.01. The second kappa shape index (κ2) is 5.96. The predicted octanol–water partition coefficient (Wildman–Crippen LogP) is 4.00. The van der Waals surface area contributed by atoms with E-state index in [9.17, 15) is 4.79 Å². The predicted molar refractivity (Wildman–Crippen MR) is 107 cm³/mol. The van der Waals surface area contributed by atoms with Crippen molar-refractivity contribution < 1.29 is 0 Å². The molecule has 3 aromatic heterocycles. The van der Waals surface area contributed by atoms with Crippen LogP contribution in [0.25, 0.3) is 21.7 Å². The van der Waals surface area contributed by atoms with Crippen molar-refractivity contribution in [3.05, 3.63) is 50.6 Å². The Bertz CT molecular complexity index is 1200. The van der Waals surface area contributed by atoms with E-state index in [2.05, 4.69) is 14.6 Å². The second-order valence-corrected chi connectivity index (χ2v) is 8.55. The van der Waals surface area contributed by atoms with E-state index in [0.29, 0.717) is 5.78 Å². The summed E-state index contributed by atoms with van der Waals surface area (Å²) < 4.78 is 3.78. The van der Waals surface area contributed by atoms with E-state index < -0.39 is 0 Å². The molecule has 0 unspecified atom stereocenters. The molecule has 0 aliphatic heterocycles. The van der Waals surface area contributed by atoms with Crippen LogP contribution in [0.2, 0.25) is 0 Å². The van der Waals surface area contributed by atoms with Gasteiger partial charge in [0.25, 0.3) is 5.56 Å². The molecule has 0 amide bonds. The minimum Gasteiger partial charge on any atom is -0.268 e. The number of hydrogen-bond acceptors (Lipinski definition) is 5. The standard InChI is InChI=1S/C19H18N4OS2/c1-11-7-9-12(10-8-11)22-16(24)15-13-5-3-4-6-14(13)26-17(15)23-18(22)20-21-19(23)25-2/h7-10H,3-6H2,1-2H3. The van der Waals surface area contributed by atoms with E-state index in [1.807, 2.05) is 37.4 Å². The number of rotatable bonds is 2. The lowest BCUT2D eigenvalue weighted by molar-refractivity contribution is 0.699. The summed E-state index contributed by atoms with van der Waals surface area (Å²) in [5.41, 5.74) is 3.27. The maximum absolute atomic E-state index is 13.5. The summed E-state index contributed by atoms with van der Waals surface area (Å²) >= 11 is 3.30. The number of aryl methyl sites for hydroxylation is 3. The lowest BCUT2D eigenvalue weighted by Gasteiger charge is -2.12. The summed E-state index contributed by atoms with van der Waals surface area (Å²) in [5.74, 6) is 0.592. The Balaban J connectivity index is 1.98. The molecule has 0 saturated carbocycles. The van der Waals surface area contributed by atoms with Crippen molar-refractivity contribution in [2.75, 3.05) is 6.26 Å². The molecule has 0 spiro atoms. The van der Waals surface area contributed by atoms with Gasteiger partial charge in [-0.15, -0.1) is 21.5 Å². The quantitative estimate of drug-likeness (QED) is 0.492. The normalized spacial score (nSPS) is 14.2. The molecule has 0 bridgehead atoms. The van der Waals surface area contributed by atoms with Crippen LogP contribution in [0.15, 0.2) is 34.2 Å². The highest BCUT2D eigenvalue weighted by Crippen LogP contribution is 2.36. The van der Waals surface area contributed by atoms with Crippen molar-refractivity contribution in [3.8, 4) is 5.69 Å². The van der Waals surface area contributed by atoms with Crippen LogP contribution in [0.5, 0.6) is 0 Å². The van der Waals surface area contributed by atoms with Gasteiger partial charge in [-0.2, -0.15) is 0 Å². The minimum atomic E-state index is 0.0239. The molecule has 3 heterocycles. The first-order valence-electron chi connectivity index (χ1n) is 8.74. The number of fused-ring (bicyclic) bond motifs is 5. The molecule has 132 valence electrons. The molecule has 0 atom stereocenters. The number of nitrogens with zero attached hydrogens (tertiary/aromatic N) is 4. The van der Waals surface area contributed by atoms with E-state index >= 15 is 0 Å². The average Bonchev–Trinajstić information content (AvgIpc) is 3.24. The molecule has 26 heavy (non-hydrogen) atoms. The maximum Gasteiger partial charge on any atom is 0.268 e. The van der Waals surface area contributed by atoms with Crippen LogP contribution in [0, 0.1) is 6.92 Å². The zero-order valence-corrected chi connectivity index (χ0v) is 16.3. The highest BCUT2D eigenvalue weighted by molar-refractivity contribution is 7.98. The monoisotopic (exact) mass is 382 g/mol. The van der Waals surface area contributed by atoms with Gasteiger partial charge in [0.1, 0.15) is 4.83 Å². The Labute approximate surface area is 158 Å². The van der Waals surface area contributed by atoms with E-state index in [1.54, 1.807) is 27.7 Å². The molecule has 5 nitrogen and oxygen atoms in total. The van der Waals surface area contributed by atoms with Gasteiger partial charge >= 0.3 is 0 Å². The summed E-state index contributed by atoms with van der Waals surface area (Å²) in [6.07, 6.45) is 6.40. The fourth-order valence-electron chi connectivity index (χ4n) is 3.78. The van der Waals surface area contributed by atoms with Crippen molar-refractivity contribution in [3.63, 3.8) is 0 Å². The number of thioether (sulfide) groups is 1. The highest BCUT2D eigenvalue weighted by Gasteiger charge is 2.25. The molecule has 0 radical (unpaired) electrons. The van der Waals surface area contributed by atoms with Gasteiger partial charge in [-0.1, -0.05) is 29.5 Å². The number of benzene rings is 1. The van der Waals surface area contributed by atoms with Gasteiger partial charge in [0.05, 0.1) is 11.1 Å². The number of thiophene rings is 1. The van der Waals surface area contributed by atoms with Gasteiger partial charge < -0.3 is 0 Å². The summed E-state index contributed by atoms with van der Waals surface area (Å²) in [4.78, 5) is 15.9. The third kappa shape index (κ3) is 2.20. The Kier molecular flexibility index (Phi) is 3.68. The van der Waals surface area contributed by atoms with Crippen LogP contribution in [0.4, 0.5) is 0 Å². The Morgan fingerprint density at radius 1 is 1.12 bits per heavy atom. The van der Waals surface area contributed by atoms with Gasteiger partial charge in [-0.25, -0.2) is 8.97 Å². The molecule has 4 aromatic rings. The minimum absolute atomic E-state index is 0.0239. The third-order valence-corrected chi connectivity index (χ3v) is 6.97. The Morgan fingerprint density at radius 2 is 1.88 bits per heavy atom. The molecular weight excluding hydrogens is 364 g/mol. The van der Waals surface area contributed by atoms with Crippen molar-refractivity contribution in [2.24, 2.45) is 0 Å². The maximum atomic E-state index is 13.5. The largest absolute Gasteiger partial charge is 0.268 e. The van der Waals surface area contributed by atoms with Crippen LogP contribution in [0.3, 0.4) is 0 Å². The lowest BCUT2D eigenvalue weighted by atomic mass is 9.97. The summed E-state index contributed by atoms with van der Waals surface area (Å²) in [6.45, 7) is 2.05. The van der Waals surface area contributed by atoms with Crippen molar-refractivity contribution >= 4 is 39.1 Å². The molecule has 7 heteroatoms. The van der Waals surface area contributed by atoms with E-state index in [4.69, 9.17) is 0 Å².